The first-order chi connectivity index (χ1) is 15.0. The van der Waals surface area contributed by atoms with Crippen molar-refractivity contribution in [2.75, 3.05) is 5.32 Å². The highest BCUT2D eigenvalue weighted by atomic mass is 32.2. The van der Waals surface area contributed by atoms with Crippen LogP contribution in [0.1, 0.15) is 18.1 Å². The van der Waals surface area contributed by atoms with Crippen LogP contribution < -0.4 is 5.32 Å². The summed E-state index contributed by atoms with van der Waals surface area (Å²) in [6.45, 7) is 1.93. The maximum absolute atomic E-state index is 12.5. The lowest BCUT2D eigenvalue weighted by Crippen LogP contribution is -2.05. The van der Waals surface area contributed by atoms with Gasteiger partial charge in [0.25, 0.3) is 5.91 Å². The van der Waals surface area contributed by atoms with Gasteiger partial charge < -0.3 is 10.4 Å². The molecule has 4 rings (SSSR count). The molecule has 1 aliphatic heterocycles. The molecule has 5 nitrogen and oxygen atoms in total. The lowest BCUT2D eigenvalue weighted by Gasteiger charge is -2.08. The SMILES string of the molecule is CC(=C1SC(Nc2ccc(CC(=O)O)cc2)=NC1=O)c1ccc(-c2ccccc2)cc1. The van der Waals surface area contributed by atoms with Gasteiger partial charge in [-0.05, 0) is 58.6 Å². The monoisotopic (exact) mass is 428 g/mol. The number of aliphatic carboxylic acids is 1. The number of nitrogens with zero attached hydrogens (tertiary/aromatic N) is 1. The molecule has 0 fully saturated rings. The van der Waals surface area contributed by atoms with Gasteiger partial charge in [-0.15, -0.1) is 0 Å². The Balaban J connectivity index is 1.47. The Morgan fingerprint density at radius 2 is 1.58 bits per heavy atom. The summed E-state index contributed by atoms with van der Waals surface area (Å²) in [5.41, 5.74) is 5.59. The number of carboxylic acid groups (broad SMARTS) is 1. The minimum Gasteiger partial charge on any atom is -0.481 e. The van der Waals surface area contributed by atoms with E-state index in [9.17, 15) is 9.59 Å². The Hall–Kier alpha value is -3.64. The molecule has 0 spiro atoms. The molecular weight excluding hydrogens is 408 g/mol. The van der Waals surface area contributed by atoms with Gasteiger partial charge in [0.1, 0.15) is 0 Å². The summed E-state index contributed by atoms with van der Waals surface area (Å²) in [4.78, 5) is 28.0. The summed E-state index contributed by atoms with van der Waals surface area (Å²) in [5, 5.41) is 12.5. The third kappa shape index (κ3) is 4.92. The predicted octanol–water partition coefficient (Wildman–Crippen LogP) is 5.45. The number of aliphatic imine (C=N–C) groups is 1. The van der Waals surface area contributed by atoms with E-state index in [4.69, 9.17) is 5.11 Å². The molecule has 0 aromatic heterocycles. The number of allylic oxidation sites excluding steroid dienone is 1. The molecule has 1 aliphatic rings. The van der Waals surface area contributed by atoms with Gasteiger partial charge in [0.05, 0.1) is 11.3 Å². The number of hydrogen-bond acceptors (Lipinski definition) is 4. The highest BCUT2D eigenvalue weighted by Crippen LogP contribution is 2.34. The number of anilines is 1. The average molecular weight is 429 g/mol. The summed E-state index contributed by atoms with van der Waals surface area (Å²) in [6.07, 6.45) is -0.0242. The predicted molar refractivity (Wildman–Crippen MR) is 126 cm³/mol. The molecule has 0 atom stereocenters. The van der Waals surface area contributed by atoms with Crippen molar-refractivity contribution in [3.05, 3.63) is 94.9 Å². The van der Waals surface area contributed by atoms with Gasteiger partial charge in [0.2, 0.25) is 0 Å². The number of hydrogen-bond donors (Lipinski definition) is 2. The van der Waals surface area contributed by atoms with E-state index < -0.39 is 5.97 Å². The molecule has 154 valence electrons. The highest BCUT2D eigenvalue weighted by Gasteiger charge is 2.24. The Bertz CT molecular complexity index is 1180. The fourth-order valence-corrected chi connectivity index (χ4v) is 4.17. The van der Waals surface area contributed by atoms with Crippen LogP contribution in [0, 0.1) is 0 Å². The van der Waals surface area contributed by atoms with Crippen LogP contribution in [-0.4, -0.2) is 22.2 Å². The number of amides is 1. The van der Waals surface area contributed by atoms with Gasteiger partial charge in [0, 0.05) is 5.69 Å². The Labute approximate surface area is 184 Å². The molecule has 31 heavy (non-hydrogen) atoms. The second-order valence-electron chi connectivity index (χ2n) is 7.11. The summed E-state index contributed by atoms with van der Waals surface area (Å²) in [6, 6.07) is 25.3. The lowest BCUT2D eigenvalue weighted by molar-refractivity contribution is -0.136. The van der Waals surface area contributed by atoms with E-state index in [1.165, 1.54) is 11.8 Å². The highest BCUT2D eigenvalue weighted by molar-refractivity contribution is 8.18. The first kappa shape index (κ1) is 20.6. The molecule has 3 aromatic rings. The molecule has 0 aliphatic carbocycles. The van der Waals surface area contributed by atoms with Crippen molar-refractivity contribution >= 4 is 40.1 Å². The van der Waals surface area contributed by atoms with Crippen LogP contribution in [0.5, 0.6) is 0 Å². The number of rotatable bonds is 5. The molecule has 0 radical (unpaired) electrons. The van der Waals surface area contributed by atoms with Crippen LogP contribution in [0.25, 0.3) is 16.7 Å². The van der Waals surface area contributed by atoms with Crippen molar-refractivity contribution in [2.24, 2.45) is 4.99 Å². The van der Waals surface area contributed by atoms with Crippen LogP contribution in [0.4, 0.5) is 5.69 Å². The molecule has 2 N–H and O–H groups in total. The molecule has 0 unspecified atom stereocenters. The quantitative estimate of drug-likeness (QED) is 0.528. The Morgan fingerprint density at radius 3 is 2.23 bits per heavy atom. The number of carboxylic acids is 1. The minimum atomic E-state index is -0.871. The average Bonchev–Trinajstić information content (AvgIpc) is 3.15. The first-order valence-electron chi connectivity index (χ1n) is 9.75. The zero-order valence-electron chi connectivity index (χ0n) is 16.8. The van der Waals surface area contributed by atoms with Crippen molar-refractivity contribution < 1.29 is 14.7 Å². The number of carbonyl (C=O) groups is 2. The molecule has 1 heterocycles. The number of amidine groups is 1. The van der Waals surface area contributed by atoms with E-state index in [0.717, 1.165) is 28.0 Å². The summed E-state index contributed by atoms with van der Waals surface area (Å²) < 4.78 is 0. The fraction of sp³-hybridized carbons (Fsp3) is 0.0800. The number of nitrogens with one attached hydrogen (secondary N) is 1. The molecular formula is C25H20N2O3S. The van der Waals surface area contributed by atoms with Gasteiger partial charge in [-0.3, -0.25) is 9.59 Å². The molecule has 3 aromatic carbocycles. The molecule has 0 saturated heterocycles. The van der Waals surface area contributed by atoms with Gasteiger partial charge in [-0.2, -0.15) is 4.99 Å². The van der Waals surface area contributed by atoms with Gasteiger partial charge in [0.15, 0.2) is 5.17 Å². The van der Waals surface area contributed by atoms with E-state index in [1.807, 2.05) is 37.3 Å². The normalized spacial score (nSPS) is 14.9. The molecule has 0 bridgehead atoms. The number of carbonyl (C=O) groups excluding carboxylic acids is 1. The van der Waals surface area contributed by atoms with Gasteiger partial charge in [-0.1, -0.05) is 66.7 Å². The zero-order valence-corrected chi connectivity index (χ0v) is 17.6. The number of thioether (sulfide) groups is 1. The summed E-state index contributed by atoms with van der Waals surface area (Å²) in [7, 11) is 0. The third-order valence-electron chi connectivity index (χ3n) is 4.92. The third-order valence-corrected chi connectivity index (χ3v) is 5.99. The topological polar surface area (TPSA) is 78.8 Å². The Kier molecular flexibility index (Phi) is 6.00. The van der Waals surface area contributed by atoms with Crippen LogP contribution in [0.2, 0.25) is 0 Å². The van der Waals surface area contributed by atoms with Crippen LogP contribution in [0.3, 0.4) is 0 Å². The van der Waals surface area contributed by atoms with Gasteiger partial charge in [-0.25, -0.2) is 0 Å². The van der Waals surface area contributed by atoms with E-state index in [0.29, 0.717) is 15.6 Å². The minimum absolute atomic E-state index is 0.0242. The zero-order chi connectivity index (χ0) is 21.8. The van der Waals surface area contributed by atoms with E-state index in [1.54, 1.807) is 24.3 Å². The standard InChI is InChI=1S/C25H20N2O3S/c1-16(18-9-11-20(12-10-18)19-5-3-2-4-6-19)23-24(30)27-25(31-23)26-21-13-7-17(8-14-21)15-22(28)29/h2-14H,15H2,1H3,(H,28,29)(H,26,27,30). The maximum atomic E-state index is 12.5. The van der Waals surface area contributed by atoms with Crippen molar-refractivity contribution in [1.29, 1.82) is 0 Å². The van der Waals surface area contributed by atoms with Crippen LogP contribution in [0.15, 0.2) is 88.8 Å². The molecule has 0 saturated carbocycles. The fourth-order valence-electron chi connectivity index (χ4n) is 3.27. The maximum Gasteiger partial charge on any atom is 0.307 e. The van der Waals surface area contributed by atoms with E-state index in [2.05, 4.69) is 34.6 Å². The van der Waals surface area contributed by atoms with Crippen molar-refractivity contribution in [2.45, 2.75) is 13.3 Å². The Morgan fingerprint density at radius 1 is 0.935 bits per heavy atom. The smallest absolute Gasteiger partial charge is 0.307 e. The summed E-state index contributed by atoms with van der Waals surface area (Å²) in [5.74, 6) is -1.14. The van der Waals surface area contributed by atoms with Crippen LogP contribution in [-0.2, 0) is 16.0 Å². The van der Waals surface area contributed by atoms with Gasteiger partial charge >= 0.3 is 5.97 Å². The second-order valence-corrected chi connectivity index (χ2v) is 8.11. The van der Waals surface area contributed by atoms with E-state index >= 15 is 0 Å². The molecule has 6 heteroatoms. The largest absolute Gasteiger partial charge is 0.481 e. The van der Waals surface area contributed by atoms with E-state index in [-0.39, 0.29) is 12.3 Å². The molecule has 1 amide bonds. The second kappa shape index (κ2) is 9.02. The number of benzene rings is 3. The van der Waals surface area contributed by atoms with Crippen LogP contribution >= 0.6 is 11.8 Å². The lowest BCUT2D eigenvalue weighted by atomic mass is 10.0. The van der Waals surface area contributed by atoms with Crippen molar-refractivity contribution in [3.63, 3.8) is 0 Å². The summed E-state index contributed by atoms with van der Waals surface area (Å²) >= 11 is 1.31. The first-order valence-corrected chi connectivity index (χ1v) is 10.6. The van der Waals surface area contributed by atoms with Crippen molar-refractivity contribution in [3.8, 4) is 11.1 Å². The van der Waals surface area contributed by atoms with Crippen molar-refractivity contribution in [1.82, 2.24) is 0 Å².